The van der Waals surface area contributed by atoms with E-state index in [-0.39, 0.29) is 11.7 Å². The van der Waals surface area contributed by atoms with Crippen molar-refractivity contribution < 1.29 is 9.84 Å². The van der Waals surface area contributed by atoms with E-state index in [1.165, 1.54) is 30.6 Å². The molecule has 2 atom stereocenters. The molecule has 3 heteroatoms. The fourth-order valence-corrected chi connectivity index (χ4v) is 4.32. The van der Waals surface area contributed by atoms with Gasteiger partial charge in [0.2, 0.25) is 0 Å². The highest BCUT2D eigenvalue weighted by atomic mass is 32.1. The molecule has 1 aromatic rings. The van der Waals surface area contributed by atoms with Crippen LogP contribution in [0.4, 0.5) is 0 Å². The summed E-state index contributed by atoms with van der Waals surface area (Å²) in [6, 6.07) is 4.19. The van der Waals surface area contributed by atoms with Gasteiger partial charge in [0.05, 0.1) is 11.7 Å². The first-order chi connectivity index (χ1) is 8.77. The van der Waals surface area contributed by atoms with Crippen LogP contribution >= 0.6 is 11.3 Å². The monoisotopic (exact) mass is 266 g/mol. The van der Waals surface area contributed by atoms with Crippen LogP contribution in [0.5, 0.6) is 0 Å². The smallest absolute Gasteiger partial charge is 0.0686 e. The molecule has 1 aromatic heterocycles. The van der Waals surface area contributed by atoms with Gasteiger partial charge >= 0.3 is 0 Å². The second kappa shape index (κ2) is 5.32. The van der Waals surface area contributed by atoms with Gasteiger partial charge in [-0.15, -0.1) is 11.3 Å². The summed E-state index contributed by atoms with van der Waals surface area (Å²) in [5.41, 5.74) is 0.124. The predicted molar refractivity (Wildman–Crippen MR) is 73.9 cm³/mol. The van der Waals surface area contributed by atoms with Crippen LogP contribution < -0.4 is 0 Å². The number of aliphatic hydroxyl groups excluding tert-OH is 1. The lowest BCUT2D eigenvalue weighted by molar-refractivity contribution is -0.112. The van der Waals surface area contributed by atoms with E-state index in [0.29, 0.717) is 5.92 Å². The summed E-state index contributed by atoms with van der Waals surface area (Å²) in [5, 5.41) is 12.5. The predicted octanol–water partition coefficient (Wildman–Crippen LogP) is 3.39. The summed E-state index contributed by atoms with van der Waals surface area (Å²) in [5.74, 6) is 0.430. The molecule has 2 nitrogen and oxygen atoms in total. The highest BCUT2D eigenvalue weighted by Crippen LogP contribution is 2.43. The minimum atomic E-state index is -0.190. The molecule has 1 N–H and O–H groups in total. The van der Waals surface area contributed by atoms with Gasteiger partial charge in [-0.25, -0.2) is 0 Å². The van der Waals surface area contributed by atoms with Gasteiger partial charge in [0.25, 0.3) is 0 Å². The van der Waals surface area contributed by atoms with Gasteiger partial charge in [0.15, 0.2) is 0 Å². The highest BCUT2D eigenvalue weighted by Gasteiger charge is 2.41. The molecule has 3 rings (SSSR count). The molecule has 0 bridgehead atoms. The quantitative estimate of drug-likeness (QED) is 0.908. The Labute approximate surface area is 113 Å². The molecule has 1 aliphatic carbocycles. The van der Waals surface area contributed by atoms with E-state index < -0.39 is 0 Å². The molecule has 2 aliphatic rings. The molecule has 1 saturated carbocycles. The largest absolute Gasteiger partial charge is 0.392 e. The van der Waals surface area contributed by atoms with Crippen molar-refractivity contribution in [1.82, 2.24) is 0 Å². The van der Waals surface area contributed by atoms with Crippen molar-refractivity contribution in [2.75, 3.05) is 6.61 Å². The lowest BCUT2D eigenvalue weighted by Gasteiger charge is -2.40. The molecule has 1 aliphatic heterocycles. The van der Waals surface area contributed by atoms with Gasteiger partial charge in [0.1, 0.15) is 0 Å². The first kappa shape index (κ1) is 12.6. The second-order valence-electron chi connectivity index (χ2n) is 5.84. The molecule has 1 saturated heterocycles. The Morgan fingerprint density at radius 3 is 3.00 bits per heavy atom. The first-order valence-corrected chi connectivity index (χ1v) is 8.00. The van der Waals surface area contributed by atoms with Gasteiger partial charge in [-0.3, -0.25) is 0 Å². The van der Waals surface area contributed by atoms with E-state index in [4.69, 9.17) is 4.74 Å². The lowest BCUT2D eigenvalue weighted by atomic mass is 9.81. The third-order valence-corrected chi connectivity index (χ3v) is 5.48. The zero-order chi connectivity index (χ0) is 12.4. The van der Waals surface area contributed by atoms with Crippen molar-refractivity contribution in [3.63, 3.8) is 0 Å². The number of hydrogen-bond donors (Lipinski definition) is 1. The van der Waals surface area contributed by atoms with Crippen LogP contribution in [0.15, 0.2) is 17.5 Å². The van der Waals surface area contributed by atoms with E-state index >= 15 is 0 Å². The number of hydrogen-bond acceptors (Lipinski definition) is 3. The summed E-state index contributed by atoms with van der Waals surface area (Å²) in [4.78, 5) is 1.30. The van der Waals surface area contributed by atoms with Crippen molar-refractivity contribution in [3.8, 4) is 0 Å². The van der Waals surface area contributed by atoms with Crippen LogP contribution in [0.1, 0.15) is 43.4 Å². The lowest BCUT2D eigenvalue weighted by Crippen LogP contribution is -2.41. The van der Waals surface area contributed by atoms with Crippen LogP contribution in [0.3, 0.4) is 0 Å². The molecule has 2 fully saturated rings. The van der Waals surface area contributed by atoms with E-state index in [2.05, 4.69) is 17.5 Å². The molecule has 0 amide bonds. The van der Waals surface area contributed by atoms with Crippen LogP contribution in [0.25, 0.3) is 0 Å². The number of aliphatic hydroxyl groups is 1. The summed E-state index contributed by atoms with van der Waals surface area (Å²) in [6.07, 6.45) is 7.73. The van der Waals surface area contributed by atoms with Crippen molar-refractivity contribution in [1.29, 1.82) is 0 Å². The van der Waals surface area contributed by atoms with Crippen LogP contribution in [-0.2, 0) is 11.2 Å². The SMILES string of the molecule is OC(Cc1cccs1)C1CCOC2(CCCC2)C1. The van der Waals surface area contributed by atoms with Gasteiger partial charge in [0, 0.05) is 17.9 Å². The van der Waals surface area contributed by atoms with E-state index in [1.54, 1.807) is 11.3 Å². The average Bonchev–Trinajstić information content (AvgIpc) is 3.02. The van der Waals surface area contributed by atoms with Crippen molar-refractivity contribution in [3.05, 3.63) is 22.4 Å². The zero-order valence-corrected chi connectivity index (χ0v) is 11.6. The van der Waals surface area contributed by atoms with Crippen molar-refractivity contribution >= 4 is 11.3 Å². The standard InChI is InChI=1S/C15H22O2S/c16-14(10-13-4-3-9-18-13)12-5-8-17-15(11-12)6-1-2-7-15/h3-4,9,12,14,16H,1-2,5-8,10-11H2. The first-order valence-electron chi connectivity index (χ1n) is 7.12. The van der Waals surface area contributed by atoms with E-state index in [0.717, 1.165) is 25.9 Å². The molecule has 1 spiro atoms. The Balaban J connectivity index is 1.61. The van der Waals surface area contributed by atoms with Gasteiger partial charge < -0.3 is 9.84 Å². The summed E-state index contributed by atoms with van der Waals surface area (Å²) in [7, 11) is 0. The Hall–Kier alpha value is -0.380. The maximum absolute atomic E-state index is 10.4. The zero-order valence-electron chi connectivity index (χ0n) is 10.8. The third-order valence-electron chi connectivity index (χ3n) is 4.58. The molecular weight excluding hydrogens is 244 g/mol. The molecule has 2 heterocycles. The Morgan fingerprint density at radius 2 is 2.28 bits per heavy atom. The maximum atomic E-state index is 10.4. The molecule has 100 valence electrons. The fourth-order valence-electron chi connectivity index (χ4n) is 3.56. The fraction of sp³-hybridized carbons (Fsp3) is 0.733. The van der Waals surface area contributed by atoms with E-state index in [1.807, 2.05) is 0 Å². The average molecular weight is 266 g/mol. The third kappa shape index (κ3) is 2.63. The molecule has 0 aromatic carbocycles. The van der Waals surface area contributed by atoms with Gasteiger partial charge in [-0.05, 0) is 43.0 Å². The van der Waals surface area contributed by atoms with Crippen LogP contribution in [-0.4, -0.2) is 23.4 Å². The summed E-state index contributed by atoms with van der Waals surface area (Å²) in [6.45, 7) is 0.839. The van der Waals surface area contributed by atoms with E-state index in [9.17, 15) is 5.11 Å². The normalized spacial score (nSPS) is 28.6. The van der Waals surface area contributed by atoms with Crippen molar-refractivity contribution in [2.45, 2.75) is 56.7 Å². The Kier molecular flexibility index (Phi) is 3.73. The topological polar surface area (TPSA) is 29.5 Å². The number of thiophene rings is 1. The van der Waals surface area contributed by atoms with Gasteiger partial charge in [-0.1, -0.05) is 18.9 Å². The summed E-state index contributed by atoms with van der Waals surface area (Å²) >= 11 is 1.75. The van der Waals surface area contributed by atoms with Crippen molar-refractivity contribution in [2.24, 2.45) is 5.92 Å². The molecular formula is C15H22O2S. The van der Waals surface area contributed by atoms with Gasteiger partial charge in [-0.2, -0.15) is 0 Å². The highest BCUT2D eigenvalue weighted by molar-refractivity contribution is 7.09. The minimum Gasteiger partial charge on any atom is -0.392 e. The van der Waals surface area contributed by atoms with Crippen LogP contribution in [0.2, 0.25) is 0 Å². The summed E-state index contributed by atoms with van der Waals surface area (Å²) < 4.78 is 6.03. The maximum Gasteiger partial charge on any atom is 0.0686 e. The molecule has 18 heavy (non-hydrogen) atoms. The number of ether oxygens (including phenoxy) is 1. The van der Waals surface area contributed by atoms with Crippen LogP contribution in [0, 0.1) is 5.92 Å². The minimum absolute atomic E-state index is 0.124. The molecule has 0 radical (unpaired) electrons. The molecule has 2 unspecified atom stereocenters. The Morgan fingerprint density at radius 1 is 1.44 bits per heavy atom. The Bertz CT molecular complexity index is 368. The number of rotatable bonds is 3. The second-order valence-corrected chi connectivity index (χ2v) is 6.87.